The third kappa shape index (κ3) is 4.46. The lowest BCUT2D eigenvalue weighted by Gasteiger charge is -2.29. The molecule has 0 radical (unpaired) electrons. The van der Waals surface area contributed by atoms with Crippen molar-refractivity contribution in [1.82, 2.24) is 14.9 Å². The zero-order chi connectivity index (χ0) is 23.7. The molecule has 1 aliphatic rings. The summed E-state index contributed by atoms with van der Waals surface area (Å²) in [6.07, 6.45) is -0.198. The zero-order valence-corrected chi connectivity index (χ0v) is 20.5. The zero-order valence-electron chi connectivity index (χ0n) is 18.9. The number of carbonyl (C=O) groups excluding carboxylic acids is 2. The van der Waals surface area contributed by atoms with E-state index in [0.717, 1.165) is 52.2 Å². The van der Waals surface area contributed by atoms with Gasteiger partial charge in [0, 0.05) is 41.5 Å². The van der Waals surface area contributed by atoms with Crippen LogP contribution in [0, 0.1) is 0 Å². The number of rotatable bonds is 6. The van der Waals surface area contributed by atoms with Crippen LogP contribution in [0.1, 0.15) is 35.5 Å². The normalized spacial score (nSPS) is 14.5. The maximum Gasteiger partial charge on any atom is 0.339 e. The smallest absolute Gasteiger partial charge is 0.339 e. The van der Waals surface area contributed by atoms with Crippen LogP contribution in [0.25, 0.3) is 21.5 Å². The molecule has 1 unspecified atom stereocenters. The van der Waals surface area contributed by atoms with Crippen molar-refractivity contribution in [3.63, 3.8) is 0 Å². The highest BCUT2D eigenvalue weighted by atomic mass is 32.1. The van der Waals surface area contributed by atoms with Gasteiger partial charge >= 0.3 is 5.97 Å². The molecule has 0 aliphatic carbocycles. The average molecular weight is 493 g/mol. The number of ether oxygens (including phenoxy) is 1. The molecular formula is C25H24N4O3S2. The largest absolute Gasteiger partial charge is 0.449 e. The van der Waals surface area contributed by atoms with Gasteiger partial charge in [-0.25, -0.2) is 9.78 Å². The minimum absolute atomic E-state index is 0.414. The molecule has 1 aliphatic heterocycles. The van der Waals surface area contributed by atoms with Crippen molar-refractivity contribution in [2.75, 3.05) is 18.4 Å². The first kappa shape index (κ1) is 22.6. The first-order valence-electron chi connectivity index (χ1n) is 11.2. The van der Waals surface area contributed by atoms with Gasteiger partial charge in [-0.05, 0) is 31.0 Å². The summed E-state index contributed by atoms with van der Waals surface area (Å²) in [5, 5.41) is 7.87. The van der Waals surface area contributed by atoms with Crippen LogP contribution >= 0.6 is 22.7 Å². The Morgan fingerprint density at radius 2 is 2.03 bits per heavy atom. The fourth-order valence-electron chi connectivity index (χ4n) is 4.10. The van der Waals surface area contributed by atoms with E-state index in [1.165, 1.54) is 11.3 Å². The quantitative estimate of drug-likeness (QED) is 0.382. The molecule has 0 saturated carbocycles. The number of amides is 1. The second-order valence-electron chi connectivity index (χ2n) is 8.10. The number of aromatic nitrogens is 2. The van der Waals surface area contributed by atoms with Gasteiger partial charge in [-0.2, -0.15) is 0 Å². The number of para-hydroxylation sites is 1. The van der Waals surface area contributed by atoms with Crippen LogP contribution in [-0.2, 0) is 22.5 Å². The lowest BCUT2D eigenvalue weighted by molar-refractivity contribution is -0.123. The summed E-state index contributed by atoms with van der Waals surface area (Å²) in [7, 11) is 0. The first-order valence-corrected chi connectivity index (χ1v) is 12.9. The van der Waals surface area contributed by atoms with Crippen molar-refractivity contribution in [3.8, 4) is 10.6 Å². The number of likely N-dealkylation sites (N-methyl/N-ethyl adjacent to an activating group) is 1. The van der Waals surface area contributed by atoms with Crippen LogP contribution in [0.2, 0.25) is 0 Å². The van der Waals surface area contributed by atoms with Crippen LogP contribution < -0.4 is 5.32 Å². The summed E-state index contributed by atoms with van der Waals surface area (Å²) in [5.74, 6) is -0.920. The Labute approximate surface area is 205 Å². The number of nitrogens with zero attached hydrogens (tertiary/aromatic N) is 3. The van der Waals surface area contributed by atoms with Crippen LogP contribution in [0.3, 0.4) is 0 Å². The second kappa shape index (κ2) is 9.61. The average Bonchev–Trinajstić information content (AvgIpc) is 3.54. The summed E-state index contributed by atoms with van der Waals surface area (Å²) < 4.78 is 5.67. The summed E-state index contributed by atoms with van der Waals surface area (Å²) in [4.78, 5) is 38.8. The molecule has 1 atom stereocenters. The van der Waals surface area contributed by atoms with Crippen LogP contribution in [0.4, 0.5) is 5.13 Å². The van der Waals surface area contributed by atoms with E-state index < -0.39 is 18.0 Å². The number of carbonyl (C=O) groups is 2. The Balaban J connectivity index is 1.36. The Kier molecular flexibility index (Phi) is 6.40. The Hall–Kier alpha value is -3.14. The molecule has 3 aromatic heterocycles. The summed E-state index contributed by atoms with van der Waals surface area (Å²) in [6, 6.07) is 11.5. The number of pyridine rings is 1. The van der Waals surface area contributed by atoms with Gasteiger partial charge in [0.15, 0.2) is 11.2 Å². The molecule has 1 N–H and O–H groups in total. The Morgan fingerprint density at radius 1 is 1.18 bits per heavy atom. The molecule has 7 nitrogen and oxygen atoms in total. The number of hydrogen-bond acceptors (Lipinski definition) is 8. The minimum atomic E-state index is -0.977. The van der Waals surface area contributed by atoms with Gasteiger partial charge < -0.3 is 4.74 Å². The van der Waals surface area contributed by atoms with Crippen molar-refractivity contribution < 1.29 is 14.3 Å². The number of thiazole rings is 1. The lowest BCUT2D eigenvalue weighted by atomic mass is 9.95. The van der Waals surface area contributed by atoms with E-state index in [1.807, 2.05) is 47.2 Å². The lowest BCUT2D eigenvalue weighted by Crippen LogP contribution is -2.34. The molecule has 4 aromatic rings. The fraction of sp³-hybridized carbons (Fsp3) is 0.280. The van der Waals surface area contributed by atoms with Gasteiger partial charge in [0.1, 0.15) is 0 Å². The molecule has 0 saturated heterocycles. The SMILES string of the molecule is CCN1CCc2nc3ccccc3c(C(=O)OC(C)C(=O)Nc3nc(-c4cccs4)cs3)c2C1. The monoisotopic (exact) mass is 492 g/mol. The van der Waals surface area contributed by atoms with E-state index in [0.29, 0.717) is 17.2 Å². The van der Waals surface area contributed by atoms with Gasteiger partial charge in [-0.1, -0.05) is 31.2 Å². The van der Waals surface area contributed by atoms with E-state index in [-0.39, 0.29) is 0 Å². The van der Waals surface area contributed by atoms with E-state index >= 15 is 0 Å². The number of esters is 1. The van der Waals surface area contributed by atoms with Crippen molar-refractivity contribution >= 4 is 50.6 Å². The number of benzene rings is 1. The molecular weight excluding hydrogens is 468 g/mol. The number of hydrogen-bond donors (Lipinski definition) is 1. The molecule has 1 amide bonds. The summed E-state index contributed by atoms with van der Waals surface area (Å²) in [5.41, 5.74) is 3.91. The molecule has 4 heterocycles. The first-order chi connectivity index (χ1) is 16.5. The van der Waals surface area contributed by atoms with E-state index in [2.05, 4.69) is 22.1 Å². The summed E-state index contributed by atoms with van der Waals surface area (Å²) >= 11 is 2.93. The number of fused-ring (bicyclic) bond motifs is 2. The van der Waals surface area contributed by atoms with Crippen molar-refractivity contribution in [2.24, 2.45) is 0 Å². The van der Waals surface area contributed by atoms with E-state index in [9.17, 15) is 9.59 Å². The van der Waals surface area contributed by atoms with Crippen LogP contribution in [0.15, 0.2) is 47.2 Å². The third-order valence-electron chi connectivity index (χ3n) is 5.94. The van der Waals surface area contributed by atoms with Gasteiger partial charge in [-0.15, -0.1) is 22.7 Å². The Bertz CT molecular complexity index is 1350. The number of nitrogens with one attached hydrogen (secondary N) is 1. The predicted molar refractivity (Wildman–Crippen MR) is 135 cm³/mol. The molecule has 0 fully saturated rings. The molecule has 34 heavy (non-hydrogen) atoms. The molecule has 1 aromatic carbocycles. The van der Waals surface area contributed by atoms with Gasteiger partial charge in [0.25, 0.3) is 5.91 Å². The number of thiophene rings is 1. The standard InChI is InChI=1S/C25H24N4O3S2/c1-3-29-11-10-19-17(13-29)22(16-7-4-5-8-18(16)26-19)24(31)32-15(2)23(30)28-25-27-20(14-34-25)21-9-6-12-33-21/h4-9,12,14-15H,3,10-11,13H2,1-2H3,(H,27,28,30). The molecule has 5 rings (SSSR count). The van der Waals surface area contributed by atoms with Gasteiger partial charge in [0.05, 0.1) is 21.7 Å². The molecule has 0 spiro atoms. The molecule has 0 bridgehead atoms. The third-order valence-corrected chi connectivity index (χ3v) is 7.59. The second-order valence-corrected chi connectivity index (χ2v) is 9.91. The van der Waals surface area contributed by atoms with E-state index in [4.69, 9.17) is 9.72 Å². The van der Waals surface area contributed by atoms with Crippen molar-refractivity contribution in [2.45, 2.75) is 32.9 Å². The predicted octanol–water partition coefficient (Wildman–Crippen LogP) is 4.98. The highest BCUT2D eigenvalue weighted by Gasteiger charge is 2.28. The topological polar surface area (TPSA) is 84.4 Å². The van der Waals surface area contributed by atoms with Crippen molar-refractivity contribution in [1.29, 1.82) is 0 Å². The molecule has 174 valence electrons. The van der Waals surface area contributed by atoms with Gasteiger partial charge in [0.2, 0.25) is 0 Å². The Morgan fingerprint density at radius 3 is 2.82 bits per heavy atom. The van der Waals surface area contributed by atoms with Crippen molar-refractivity contribution in [3.05, 3.63) is 64.0 Å². The van der Waals surface area contributed by atoms with Crippen LogP contribution in [-0.4, -0.2) is 45.9 Å². The highest BCUT2D eigenvalue weighted by molar-refractivity contribution is 7.16. The highest BCUT2D eigenvalue weighted by Crippen LogP contribution is 2.30. The summed E-state index contributed by atoms with van der Waals surface area (Å²) in [6.45, 7) is 6.12. The maximum absolute atomic E-state index is 13.4. The van der Waals surface area contributed by atoms with Crippen LogP contribution in [0.5, 0.6) is 0 Å². The maximum atomic E-state index is 13.4. The van der Waals surface area contributed by atoms with Gasteiger partial charge in [-0.3, -0.25) is 20.0 Å². The number of anilines is 1. The molecule has 9 heteroatoms. The minimum Gasteiger partial charge on any atom is -0.449 e. The van der Waals surface area contributed by atoms with E-state index in [1.54, 1.807) is 18.3 Å². The fourth-order valence-corrected chi connectivity index (χ4v) is 5.57.